The first kappa shape index (κ1) is 16.7. The fourth-order valence-corrected chi connectivity index (χ4v) is 2.58. The molecule has 0 heterocycles. The Bertz CT molecular complexity index is 435. The van der Waals surface area contributed by atoms with Crippen LogP contribution in [-0.4, -0.2) is 12.9 Å². The van der Waals surface area contributed by atoms with Gasteiger partial charge >= 0.3 is 0 Å². The van der Waals surface area contributed by atoms with E-state index in [0.29, 0.717) is 30.5 Å². The van der Waals surface area contributed by atoms with Crippen LogP contribution in [0.2, 0.25) is 0 Å². The van der Waals surface area contributed by atoms with Crippen LogP contribution in [0.25, 0.3) is 0 Å². The number of benzene rings is 1. The van der Waals surface area contributed by atoms with Crippen LogP contribution in [0.5, 0.6) is 5.75 Å². The summed E-state index contributed by atoms with van der Waals surface area (Å²) in [4.78, 5) is 11.5. The van der Waals surface area contributed by atoms with E-state index in [0.717, 1.165) is 18.6 Å². The fourth-order valence-electron chi connectivity index (χ4n) is 2.58. The van der Waals surface area contributed by atoms with Gasteiger partial charge < -0.3 is 4.74 Å². The van der Waals surface area contributed by atoms with Gasteiger partial charge in [-0.25, -0.2) is 0 Å². The van der Waals surface area contributed by atoms with E-state index in [1.54, 1.807) is 7.11 Å². The van der Waals surface area contributed by atoms with Crippen molar-refractivity contribution in [3.63, 3.8) is 0 Å². The number of Topliss-reactive ketones (excluding diaryl/α,β-unsaturated/α-hetero) is 1. The summed E-state index contributed by atoms with van der Waals surface area (Å²) in [6, 6.07) is 6.47. The summed E-state index contributed by atoms with van der Waals surface area (Å²) in [5.74, 6) is 2.23. The second kappa shape index (κ2) is 8.08. The maximum atomic E-state index is 11.5. The summed E-state index contributed by atoms with van der Waals surface area (Å²) in [7, 11) is 1.72. The smallest absolute Gasteiger partial charge is 0.132 e. The second-order valence-corrected chi connectivity index (χ2v) is 5.69. The third-order valence-electron chi connectivity index (χ3n) is 4.01. The molecule has 1 atom stereocenters. The highest BCUT2D eigenvalue weighted by molar-refractivity contribution is 5.78. The van der Waals surface area contributed by atoms with E-state index < -0.39 is 0 Å². The number of ether oxygens (including phenoxy) is 1. The Morgan fingerprint density at radius 3 is 2.45 bits per heavy atom. The van der Waals surface area contributed by atoms with E-state index in [1.807, 2.05) is 6.92 Å². The molecule has 0 aromatic heterocycles. The number of ketones is 1. The Kier molecular flexibility index (Phi) is 6.77. The first-order valence-electron chi connectivity index (χ1n) is 7.72. The third-order valence-corrected chi connectivity index (χ3v) is 4.01. The van der Waals surface area contributed by atoms with Crippen molar-refractivity contribution in [2.24, 2.45) is 0 Å². The number of rotatable bonds is 8. The van der Waals surface area contributed by atoms with Gasteiger partial charge in [0.25, 0.3) is 0 Å². The summed E-state index contributed by atoms with van der Waals surface area (Å²) in [6.45, 7) is 8.50. The van der Waals surface area contributed by atoms with Crippen LogP contribution in [0.1, 0.15) is 76.3 Å². The first-order valence-corrected chi connectivity index (χ1v) is 7.72. The van der Waals surface area contributed by atoms with Crippen molar-refractivity contribution < 1.29 is 9.53 Å². The molecule has 112 valence electrons. The molecule has 0 amide bonds. The van der Waals surface area contributed by atoms with Crippen molar-refractivity contribution in [2.75, 3.05) is 7.11 Å². The molecule has 0 aliphatic heterocycles. The quantitative estimate of drug-likeness (QED) is 0.662. The lowest BCUT2D eigenvalue weighted by atomic mass is 9.88. The van der Waals surface area contributed by atoms with Gasteiger partial charge in [-0.15, -0.1) is 0 Å². The van der Waals surface area contributed by atoms with Crippen molar-refractivity contribution in [1.29, 1.82) is 0 Å². The summed E-state index contributed by atoms with van der Waals surface area (Å²) in [6.07, 6.45) is 3.36. The summed E-state index contributed by atoms with van der Waals surface area (Å²) >= 11 is 0. The van der Waals surface area contributed by atoms with E-state index in [2.05, 4.69) is 39.0 Å². The van der Waals surface area contributed by atoms with Gasteiger partial charge in [-0.3, -0.25) is 4.79 Å². The molecule has 2 heteroatoms. The minimum atomic E-state index is 0.362. The first-order chi connectivity index (χ1) is 9.53. The molecule has 0 aliphatic carbocycles. The van der Waals surface area contributed by atoms with Gasteiger partial charge in [0.15, 0.2) is 0 Å². The SMILES string of the molecule is CCC(=O)CCC(CC)c1ccc(OC)c(C(C)C)c1. The van der Waals surface area contributed by atoms with E-state index in [4.69, 9.17) is 4.74 Å². The minimum Gasteiger partial charge on any atom is -0.496 e. The van der Waals surface area contributed by atoms with Crippen molar-refractivity contribution in [2.45, 2.75) is 65.2 Å². The molecule has 0 saturated carbocycles. The molecule has 0 fully saturated rings. The van der Waals surface area contributed by atoms with Gasteiger partial charge in [-0.1, -0.05) is 39.8 Å². The monoisotopic (exact) mass is 276 g/mol. The van der Waals surface area contributed by atoms with Crippen molar-refractivity contribution >= 4 is 5.78 Å². The maximum Gasteiger partial charge on any atom is 0.132 e. The van der Waals surface area contributed by atoms with Gasteiger partial charge in [-0.2, -0.15) is 0 Å². The minimum absolute atomic E-state index is 0.362. The number of methoxy groups -OCH3 is 1. The van der Waals surface area contributed by atoms with Crippen molar-refractivity contribution in [1.82, 2.24) is 0 Å². The zero-order valence-electron chi connectivity index (χ0n) is 13.5. The fraction of sp³-hybridized carbons (Fsp3) is 0.611. The average molecular weight is 276 g/mol. The average Bonchev–Trinajstić information content (AvgIpc) is 2.47. The lowest BCUT2D eigenvalue weighted by molar-refractivity contribution is -0.118. The Hall–Kier alpha value is -1.31. The summed E-state index contributed by atoms with van der Waals surface area (Å²) in [5.41, 5.74) is 2.59. The van der Waals surface area contributed by atoms with E-state index in [9.17, 15) is 4.79 Å². The van der Waals surface area contributed by atoms with Gasteiger partial charge in [-0.05, 0) is 41.9 Å². The molecule has 0 spiro atoms. The Morgan fingerprint density at radius 1 is 1.25 bits per heavy atom. The van der Waals surface area contributed by atoms with Crippen LogP contribution in [-0.2, 0) is 4.79 Å². The molecule has 1 unspecified atom stereocenters. The Morgan fingerprint density at radius 2 is 1.95 bits per heavy atom. The normalized spacial score (nSPS) is 12.5. The topological polar surface area (TPSA) is 26.3 Å². The van der Waals surface area contributed by atoms with Crippen LogP contribution in [0.4, 0.5) is 0 Å². The lowest BCUT2D eigenvalue weighted by Gasteiger charge is -2.19. The van der Waals surface area contributed by atoms with Crippen LogP contribution in [0.3, 0.4) is 0 Å². The molecule has 0 radical (unpaired) electrons. The van der Waals surface area contributed by atoms with Crippen LogP contribution in [0, 0.1) is 0 Å². The van der Waals surface area contributed by atoms with Gasteiger partial charge in [0.1, 0.15) is 11.5 Å². The van der Waals surface area contributed by atoms with Gasteiger partial charge in [0, 0.05) is 12.8 Å². The van der Waals surface area contributed by atoms with Crippen molar-refractivity contribution in [3.05, 3.63) is 29.3 Å². The molecule has 0 bridgehead atoms. The third kappa shape index (κ3) is 4.36. The van der Waals surface area contributed by atoms with Gasteiger partial charge in [0.2, 0.25) is 0 Å². The zero-order valence-corrected chi connectivity index (χ0v) is 13.5. The molecule has 0 N–H and O–H groups in total. The number of carbonyl (C=O) groups excluding carboxylic acids is 1. The Labute approximate surface area is 123 Å². The molecule has 0 saturated heterocycles. The molecule has 1 aromatic carbocycles. The predicted octanol–water partition coefficient (Wildman–Crippen LogP) is 5.07. The zero-order chi connectivity index (χ0) is 15.1. The van der Waals surface area contributed by atoms with Crippen LogP contribution >= 0.6 is 0 Å². The number of hydrogen-bond donors (Lipinski definition) is 0. The molecular weight excluding hydrogens is 248 g/mol. The number of hydrogen-bond acceptors (Lipinski definition) is 2. The lowest BCUT2D eigenvalue weighted by Crippen LogP contribution is -2.04. The largest absolute Gasteiger partial charge is 0.496 e. The predicted molar refractivity (Wildman–Crippen MR) is 84.6 cm³/mol. The highest BCUT2D eigenvalue weighted by atomic mass is 16.5. The molecular formula is C18H28O2. The highest BCUT2D eigenvalue weighted by Crippen LogP contribution is 2.32. The molecule has 1 rings (SSSR count). The maximum absolute atomic E-state index is 11.5. The highest BCUT2D eigenvalue weighted by Gasteiger charge is 2.15. The van der Waals surface area contributed by atoms with Crippen LogP contribution < -0.4 is 4.74 Å². The number of carbonyl (C=O) groups is 1. The molecule has 20 heavy (non-hydrogen) atoms. The summed E-state index contributed by atoms with van der Waals surface area (Å²) in [5, 5.41) is 0. The molecule has 1 aromatic rings. The van der Waals surface area contributed by atoms with Crippen LogP contribution in [0.15, 0.2) is 18.2 Å². The second-order valence-electron chi connectivity index (χ2n) is 5.69. The van der Waals surface area contributed by atoms with E-state index >= 15 is 0 Å². The van der Waals surface area contributed by atoms with Crippen molar-refractivity contribution in [3.8, 4) is 5.75 Å². The summed E-state index contributed by atoms with van der Waals surface area (Å²) < 4.78 is 5.44. The van der Waals surface area contributed by atoms with E-state index in [1.165, 1.54) is 11.1 Å². The van der Waals surface area contributed by atoms with Gasteiger partial charge in [0.05, 0.1) is 7.11 Å². The standard InChI is InChI=1S/C18H28O2/c1-6-14(8-10-16(19)7-2)15-9-11-18(20-5)17(12-15)13(3)4/h9,11-14H,6-8,10H2,1-5H3. The van der Waals surface area contributed by atoms with E-state index in [-0.39, 0.29) is 0 Å². The Balaban J connectivity index is 2.92. The molecule has 0 aliphatic rings. The molecule has 2 nitrogen and oxygen atoms in total.